The summed E-state index contributed by atoms with van der Waals surface area (Å²) in [6, 6.07) is 0.281. The summed E-state index contributed by atoms with van der Waals surface area (Å²) in [7, 11) is 0. The number of nitrogens with one attached hydrogen (secondary N) is 2. The van der Waals surface area contributed by atoms with E-state index in [2.05, 4.69) is 20.6 Å². The lowest BCUT2D eigenvalue weighted by atomic mass is 10.1. The van der Waals surface area contributed by atoms with Gasteiger partial charge >= 0.3 is 0 Å². The van der Waals surface area contributed by atoms with Crippen LogP contribution in [0, 0.1) is 0 Å². The van der Waals surface area contributed by atoms with Crippen molar-refractivity contribution in [2.24, 2.45) is 0 Å². The Morgan fingerprint density at radius 1 is 1.44 bits per heavy atom. The maximum absolute atomic E-state index is 12.0. The van der Waals surface area contributed by atoms with Crippen LogP contribution >= 0.6 is 11.8 Å². The molecule has 1 aliphatic rings. The van der Waals surface area contributed by atoms with Gasteiger partial charge in [0.15, 0.2) is 0 Å². The highest BCUT2D eigenvalue weighted by molar-refractivity contribution is 7.99. The largest absolute Gasteiger partial charge is 0.369 e. The van der Waals surface area contributed by atoms with Gasteiger partial charge in [-0.25, -0.2) is 4.98 Å². The molecule has 1 aliphatic heterocycles. The van der Waals surface area contributed by atoms with Crippen LogP contribution in [-0.4, -0.2) is 40.0 Å². The Labute approximate surface area is 111 Å². The smallest absolute Gasteiger partial charge is 0.271 e. The number of carbonyl (C=O) groups excluding carboxylic acids is 1. The third-order valence-electron chi connectivity index (χ3n) is 2.78. The summed E-state index contributed by atoms with van der Waals surface area (Å²) in [6.45, 7) is 2.74. The van der Waals surface area contributed by atoms with Crippen LogP contribution in [0.4, 0.5) is 5.82 Å². The minimum atomic E-state index is -0.126. The number of anilines is 1. The first kappa shape index (κ1) is 13.1. The predicted octanol–water partition coefficient (Wildman–Crippen LogP) is 1.53. The van der Waals surface area contributed by atoms with E-state index in [1.807, 2.05) is 18.7 Å². The van der Waals surface area contributed by atoms with Gasteiger partial charge in [0, 0.05) is 12.6 Å². The second kappa shape index (κ2) is 6.58. The number of nitrogens with zero attached hydrogens (tertiary/aromatic N) is 2. The lowest BCUT2D eigenvalue weighted by Gasteiger charge is -2.22. The highest BCUT2D eigenvalue weighted by Gasteiger charge is 2.17. The molecular formula is C12H18N4OS. The fourth-order valence-electron chi connectivity index (χ4n) is 1.84. The van der Waals surface area contributed by atoms with Crippen molar-refractivity contribution in [2.75, 3.05) is 23.4 Å². The maximum Gasteiger partial charge on any atom is 0.271 e. The third kappa shape index (κ3) is 3.60. The molecule has 1 aromatic rings. The van der Waals surface area contributed by atoms with E-state index < -0.39 is 0 Å². The summed E-state index contributed by atoms with van der Waals surface area (Å²) in [5.41, 5.74) is 0.381. The Balaban J connectivity index is 1.96. The fraction of sp³-hybridized carbons (Fsp3) is 0.583. The lowest BCUT2D eigenvalue weighted by molar-refractivity contribution is 0.0929. The predicted molar refractivity (Wildman–Crippen MR) is 74.0 cm³/mol. The summed E-state index contributed by atoms with van der Waals surface area (Å²) in [5.74, 6) is 2.76. The van der Waals surface area contributed by atoms with Gasteiger partial charge in [-0.3, -0.25) is 9.78 Å². The SMILES string of the molecule is CCNc1cncc(C(=O)NC2CCSCC2)n1. The Kier molecular flexibility index (Phi) is 4.81. The molecule has 2 heterocycles. The van der Waals surface area contributed by atoms with Crippen molar-refractivity contribution in [3.63, 3.8) is 0 Å². The fourth-order valence-corrected chi connectivity index (χ4v) is 2.95. The van der Waals surface area contributed by atoms with Crippen molar-refractivity contribution in [1.29, 1.82) is 0 Å². The zero-order valence-corrected chi connectivity index (χ0v) is 11.3. The van der Waals surface area contributed by atoms with Gasteiger partial charge in [0.1, 0.15) is 11.5 Å². The first-order chi connectivity index (χ1) is 8.79. The van der Waals surface area contributed by atoms with E-state index in [-0.39, 0.29) is 11.9 Å². The molecule has 0 bridgehead atoms. The molecule has 1 aromatic heterocycles. The quantitative estimate of drug-likeness (QED) is 0.865. The standard InChI is InChI=1S/C12H18N4OS/c1-2-14-11-8-13-7-10(16-11)12(17)15-9-3-5-18-6-4-9/h7-9H,2-6H2,1H3,(H,14,16)(H,15,17). The normalized spacial score (nSPS) is 16.3. The van der Waals surface area contributed by atoms with Crippen molar-refractivity contribution in [3.05, 3.63) is 18.1 Å². The van der Waals surface area contributed by atoms with Gasteiger partial charge in [0.05, 0.1) is 12.4 Å². The monoisotopic (exact) mass is 266 g/mol. The highest BCUT2D eigenvalue weighted by atomic mass is 32.2. The van der Waals surface area contributed by atoms with Crippen LogP contribution in [0.1, 0.15) is 30.3 Å². The molecule has 0 saturated carbocycles. The first-order valence-corrected chi connectivity index (χ1v) is 7.39. The molecular weight excluding hydrogens is 248 g/mol. The van der Waals surface area contributed by atoms with Crippen molar-refractivity contribution < 1.29 is 4.79 Å². The topological polar surface area (TPSA) is 66.9 Å². The van der Waals surface area contributed by atoms with E-state index in [0.717, 1.165) is 30.9 Å². The second-order valence-corrected chi connectivity index (χ2v) is 5.40. The minimum absolute atomic E-state index is 0.126. The van der Waals surface area contributed by atoms with E-state index in [0.29, 0.717) is 11.5 Å². The molecule has 0 spiro atoms. The number of thioether (sulfide) groups is 1. The molecule has 5 nitrogen and oxygen atoms in total. The number of amides is 1. The molecule has 6 heteroatoms. The lowest BCUT2D eigenvalue weighted by Crippen LogP contribution is -2.37. The molecule has 2 N–H and O–H groups in total. The average molecular weight is 266 g/mol. The van der Waals surface area contributed by atoms with Crippen molar-refractivity contribution in [1.82, 2.24) is 15.3 Å². The number of hydrogen-bond donors (Lipinski definition) is 2. The first-order valence-electron chi connectivity index (χ1n) is 6.24. The van der Waals surface area contributed by atoms with E-state index in [1.54, 1.807) is 6.20 Å². The zero-order chi connectivity index (χ0) is 12.8. The van der Waals surface area contributed by atoms with Gasteiger partial charge in [-0.2, -0.15) is 11.8 Å². The molecule has 0 atom stereocenters. The molecule has 1 saturated heterocycles. The molecule has 2 rings (SSSR count). The van der Waals surface area contributed by atoms with Crippen LogP contribution in [-0.2, 0) is 0 Å². The van der Waals surface area contributed by atoms with Gasteiger partial charge < -0.3 is 10.6 Å². The van der Waals surface area contributed by atoms with Crippen LogP contribution < -0.4 is 10.6 Å². The van der Waals surface area contributed by atoms with Crippen molar-refractivity contribution in [3.8, 4) is 0 Å². The van der Waals surface area contributed by atoms with Crippen LogP contribution in [0.3, 0.4) is 0 Å². The molecule has 0 aliphatic carbocycles. The van der Waals surface area contributed by atoms with Crippen LogP contribution in [0.25, 0.3) is 0 Å². The highest BCUT2D eigenvalue weighted by Crippen LogP contribution is 2.17. The number of carbonyl (C=O) groups is 1. The van der Waals surface area contributed by atoms with Gasteiger partial charge in [-0.15, -0.1) is 0 Å². The van der Waals surface area contributed by atoms with Gasteiger partial charge in [-0.1, -0.05) is 0 Å². The third-order valence-corrected chi connectivity index (χ3v) is 3.83. The van der Waals surface area contributed by atoms with E-state index in [9.17, 15) is 4.79 Å². The Hall–Kier alpha value is -1.30. The van der Waals surface area contributed by atoms with Crippen molar-refractivity contribution in [2.45, 2.75) is 25.8 Å². The molecule has 1 fully saturated rings. The van der Waals surface area contributed by atoms with Crippen LogP contribution in [0.15, 0.2) is 12.4 Å². The van der Waals surface area contributed by atoms with Gasteiger partial charge in [-0.05, 0) is 31.3 Å². The summed E-state index contributed by atoms with van der Waals surface area (Å²) < 4.78 is 0. The van der Waals surface area contributed by atoms with Gasteiger partial charge in [0.2, 0.25) is 0 Å². The Bertz CT molecular complexity index is 407. The maximum atomic E-state index is 12.0. The molecule has 0 radical (unpaired) electrons. The van der Waals surface area contributed by atoms with Gasteiger partial charge in [0.25, 0.3) is 5.91 Å². The van der Waals surface area contributed by atoms with E-state index >= 15 is 0 Å². The van der Waals surface area contributed by atoms with Crippen molar-refractivity contribution >= 4 is 23.5 Å². The minimum Gasteiger partial charge on any atom is -0.369 e. The van der Waals surface area contributed by atoms with Crippen LogP contribution in [0.5, 0.6) is 0 Å². The molecule has 0 unspecified atom stereocenters. The van der Waals surface area contributed by atoms with Crippen LogP contribution in [0.2, 0.25) is 0 Å². The Morgan fingerprint density at radius 3 is 2.94 bits per heavy atom. The second-order valence-electron chi connectivity index (χ2n) is 4.18. The molecule has 18 heavy (non-hydrogen) atoms. The number of hydrogen-bond acceptors (Lipinski definition) is 5. The average Bonchev–Trinajstić information content (AvgIpc) is 2.40. The molecule has 1 amide bonds. The number of aromatic nitrogens is 2. The summed E-state index contributed by atoms with van der Waals surface area (Å²) >= 11 is 1.94. The van der Waals surface area contributed by atoms with E-state index in [4.69, 9.17) is 0 Å². The zero-order valence-electron chi connectivity index (χ0n) is 10.5. The molecule has 98 valence electrons. The number of rotatable bonds is 4. The summed E-state index contributed by atoms with van der Waals surface area (Å²) in [4.78, 5) is 20.3. The molecule has 0 aromatic carbocycles. The summed E-state index contributed by atoms with van der Waals surface area (Å²) in [5, 5.41) is 6.07. The van der Waals surface area contributed by atoms with E-state index in [1.165, 1.54) is 6.20 Å². The Morgan fingerprint density at radius 2 is 2.22 bits per heavy atom. The summed E-state index contributed by atoms with van der Waals surface area (Å²) in [6.07, 6.45) is 5.21.